The maximum Gasteiger partial charge on any atom is 0.119 e. The normalized spacial score (nSPS) is 26.4. The summed E-state index contributed by atoms with van der Waals surface area (Å²) >= 11 is 0. The molecule has 2 nitrogen and oxygen atoms in total. The summed E-state index contributed by atoms with van der Waals surface area (Å²) in [6, 6.07) is 8.02. The van der Waals surface area contributed by atoms with Gasteiger partial charge in [-0.1, -0.05) is 18.6 Å². The van der Waals surface area contributed by atoms with Crippen LogP contribution >= 0.6 is 0 Å². The lowest BCUT2D eigenvalue weighted by atomic mass is 9.96. The Morgan fingerprint density at radius 2 is 2.21 bits per heavy atom. The molecular weight excluding hydrogens is 176 g/mol. The van der Waals surface area contributed by atoms with E-state index in [1.165, 1.54) is 5.56 Å². The number of aliphatic hydroxyl groups is 1. The Hall–Kier alpha value is -1.02. The van der Waals surface area contributed by atoms with Gasteiger partial charge in [0, 0.05) is 5.92 Å². The van der Waals surface area contributed by atoms with E-state index in [1.807, 2.05) is 18.2 Å². The first-order valence-corrected chi connectivity index (χ1v) is 5.13. The summed E-state index contributed by atoms with van der Waals surface area (Å²) in [5.74, 6) is 1.19. The van der Waals surface area contributed by atoms with E-state index < -0.39 is 0 Å². The number of hydrogen-bond acceptors (Lipinski definition) is 2. The minimum Gasteiger partial charge on any atom is -0.497 e. The predicted octanol–water partition coefficient (Wildman–Crippen LogP) is 2.32. The van der Waals surface area contributed by atoms with Gasteiger partial charge >= 0.3 is 0 Å². The van der Waals surface area contributed by atoms with Crippen molar-refractivity contribution < 1.29 is 9.84 Å². The second-order valence-electron chi connectivity index (χ2n) is 3.88. The molecular formula is C12H16O2. The van der Waals surface area contributed by atoms with E-state index >= 15 is 0 Å². The lowest BCUT2D eigenvalue weighted by molar-refractivity contribution is 0.163. The third-order valence-corrected chi connectivity index (χ3v) is 3.00. The van der Waals surface area contributed by atoms with E-state index in [2.05, 4.69) is 6.07 Å². The van der Waals surface area contributed by atoms with Crippen LogP contribution in [-0.2, 0) is 0 Å². The van der Waals surface area contributed by atoms with Crippen LogP contribution in [0.3, 0.4) is 0 Å². The molecule has 0 aliphatic heterocycles. The van der Waals surface area contributed by atoms with Crippen LogP contribution in [0.5, 0.6) is 5.75 Å². The standard InChI is InChI=1S/C12H16O2/c1-14-10-5-2-4-9(8-10)11-6-3-7-12(11)13/h2,4-5,8,11-13H,3,6-7H2,1H3/t11-,12+/m0/s1. The first-order chi connectivity index (χ1) is 6.81. The molecule has 2 atom stereocenters. The number of hydrogen-bond donors (Lipinski definition) is 1. The van der Waals surface area contributed by atoms with Crippen LogP contribution in [0.2, 0.25) is 0 Å². The van der Waals surface area contributed by atoms with Crippen molar-refractivity contribution in [3.8, 4) is 5.75 Å². The van der Waals surface area contributed by atoms with Crippen molar-refractivity contribution in [2.75, 3.05) is 7.11 Å². The second kappa shape index (κ2) is 4.01. The number of methoxy groups -OCH3 is 1. The minimum atomic E-state index is -0.165. The first kappa shape index (κ1) is 9.53. The van der Waals surface area contributed by atoms with Crippen molar-refractivity contribution in [2.24, 2.45) is 0 Å². The molecule has 1 aliphatic carbocycles. The zero-order valence-corrected chi connectivity index (χ0v) is 8.44. The number of benzene rings is 1. The van der Waals surface area contributed by atoms with Gasteiger partial charge in [-0.25, -0.2) is 0 Å². The largest absolute Gasteiger partial charge is 0.497 e. The van der Waals surface area contributed by atoms with E-state index in [4.69, 9.17) is 4.74 Å². The lowest BCUT2D eigenvalue weighted by Gasteiger charge is -2.15. The molecule has 1 aromatic rings. The Morgan fingerprint density at radius 3 is 2.86 bits per heavy atom. The molecule has 1 N–H and O–H groups in total. The molecule has 0 spiro atoms. The number of ether oxygens (including phenoxy) is 1. The molecule has 1 saturated carbocycles. The fraction of sp³-hybridized carbons (Fsp3) is 0.500. The van der Waals surface area contributed by atoms with Gasteiger partial charge in [0.1, 0.15) is 5.75 Å². The summed E-state index contributed by atoms with van der Waals surface area (Å²) in [5, 5.41) is 9.77. The van der Waals surface area contributed by atoms with E-state index in [1.54, 1.807) is 7.11 Å². The van der Waals surface area contributed by atoms with Gasteiger partial charge in [0.05, 0.1) is 13.2 Å². The molecule has 0 radical (unpaired) electrons. The third kappa shape index (κ3) is 1.75. The first-order valence-electron chi connectivity index (χ1n) is 5.13. The highest BCUT2D eigenvalue weighted by Gasteiger charge is 2.26. The molecule has 0 amide bonds. The summed E-state index contributed by atoms with van der Waals surface area (Å²) in [7, 11) is 1.67. The molecule has 1 aliphatic rings. The zero-order chi connectivity index (χ0) is 9.97. The Kier molecular flexibility index (Phi) is 2.73. The van der Waals surface area contributed by atoms with E-state index in [-0.39, 0.29) is 6.10 Å². The Morgan fingerprint density at radius 1 is 1.36 bits per heavy atom. The van der Waals surface area contributed by atoms with E-state index in [0.29, 0.717) is 5.92 Å². The van der Waals surface area contributed by atoms with Crippen LogP contribution in [0.25, 0.3) is 0 Å². The zero-order valence-electron chi connectivity index (χ0n) is 8.44. The highest BCUT2D eigenvalue weighted by molar-refractivity contribution is 5.31. The van der Waals surface area contributed by atoms with Crippen molar-refractivity contribution in [3.63, 3.8) is 0 Å². The van der Waals surface area contributed by atoms with Crippen LogP contribution < -0.4 is 4.74 Å². The maximum absolute atomic E-state index is 9.77. The molecule has 0 heterocycles. The fourth-order valence-corrected chi connectivity index (χ4v) is 2.20. The SMILES string of the molecule is COc1cccc([C@@H]2CCC[C@H]2O)c1. The van der Waals surface area contributed by atoms with Crippen LogP contribution in [0.1, 0.15) is 30.7 Å². The van der Waals surface area contributed by atoms with Gasteiger partial charge < -0.3 is 9.84 Å². The summed E-state index contributed by atoms with van der Waals surface area (Å²) in [4.78, 5) is 0. The van der Waals surface area contributed by atoms with Crippen LogP contribution in [-0.4, -0.2) is 18.3 Å². The number of rotatable bonds is 2. The molecule has 2 heteroatoms. The van der Waals surface area contributed by atoms with E-state index in [9.17, 15) is 5.11 Å². The van der Waals surface area contributed by atoms with Gasteiger partial charge in [-0.3, -0.25) is 0 Å². The smallest absolute Gasteiger partial charge is 0.119 e. The van der Waals surface area contributed by atoms with E-state index in [0.717, 1.165) is 25.0 Å². The summed E-state index contributed by atoms with van der Waals surface area (Å²) in [6.07, 6.45) is 2.99. The Bertz CT molecular complexity index is 309. The van der Waals surface area contributed by atoms with Crippen molar-refractivity contribution >= 4 is 0 Å². The third-order valence-electron chi connectivity index (χ3n) is 3.00. The van der Waals surface area contributed by atoms with Crippen molar-refractivity contribution in [3.05, 3.63) is 29.8 Å². The summed E-state index contributed by atoms with van der Waals surface area (Å²) in [6.45, 7) is 0. The lowest BCUT2D eigenvalue weighted by Crippen LogP contribution is -2.10. The predicted molar refractivity (Wildman–Crippen MR) is 55.6 cm³/mol. The Balaban J connectivity index is 2.22. The van der Waals surface area contributed by atoms with Gasteiger partial charge in [-0.2, -0.15) is 0 Å². The molecule has 0 saturated heterocycles. The topological polar surface area (TPSA) is 29.5 Å². The quantitative estimate of drug-likeness (QED) is 0.779. The molecule has 1 aromatic carbocycles. The van der Waals surface area contributed by atoms with Crippen molar-refractivity contribution in [1.82, 2.24) is 0 Å². The molecule has 0 bridgehead atoms. The van der Waals surface area contributed by atoms with Gasteiger partial charge in [-0.15, -0.1) is 0 Å². The molecule has 1 fully saturated rings. The van der Waals surface area contributed by atoms with Crippen molar-refractivity contribution in [2.45, 2.75) is 31.3 Å². The van der Waals surface area contributed by atoms with Crippen LogP contribution in [0, 0.1) is 0 Å². The Labute approximate surface area is 84.5 Å². The molecule has 0 aromatic heterocycles. The number of aliphatic hydroxyl groups excluding tert-OH is 1. The van der Waals surface area contributed by atoms with Gasteiger partial charge in [0.15, 0.2) is 0 Å². The average molecular weight is 192 g/mol. The van der Waals surface area contributed by atoms with Gasteiger partial charge in [-0.05, 0) is 30.5 Å². The minimum absolute atomic E-state index is 0.165. The second-order valence-corrected chi connectivity index (χ2v) is 3.88. The highest BCUT2D eigenvalue weighted by Crippen LogP contribution is 2.35. The maximum atomic E-state index is 9.77. The highest BCUT2D eigenvalue weighted by atomic mass is 16.5. The summed E-state index contributed by atoms with van der Waals surface area (Å²) in [5.41, 5.74) is 1.20. The summed E-state index contributed by atoms with van der Waals surface area (Å²) < 4.78 is 5.17. The van der Waals surface area contributed by atoms with Crippen LogP contribution in [0.4, 0.5) is 0 Å². The fourth-order valence-electron chi connectivity index (χ4n) is 2.20. The van der Waals surface area contributed by atoms with Gasteiger partial charge in [0.2, 0.25) is 0 Å². The molecule has 76 valence electrons. The monoisotopic (exact) mass is 192 g/mol. The van der Waals surface area contributed by atoms with Crippen molar-refractivity contribution in [1.29, 1.82) is 0 Å². The van der Waals surface area contributed by atoms with Crippen LogP contribution in [0.15, 0.2) is 24.3 Å². The molecule has 0 unspecified atom stereocenters. The van der Waals surface area contributed by atoms with Gasteiger partial charge in [0.25, 0.3) is 0 Å². The molecule has 14 heavy (non-hydrogen) atoms. The molecule has 2 rings (SSSR count). The average Bonchev–Trinajstić information content (AvgIpc) is 2.65.